The van der Waals surface area contributed by atoms with Crippen molar-refractivity contribution >= 4 is 23.0 Å². The first-order valence-electron chi connectivity index (χ1n) is 9.40. The Kier molecular flexibility index (Phi) is 7.07. The second-order valence-electron chi connectivity index (χ2n) is 8.16. The van der Waals surface area contributed by atoms with Crippen molar-refractivity contribution in [2.24, 2.45) is 7.05 Å². The number of aromatic nitrogens is 1. The lowest BCUT2D eigenvalue weighted by atomic mass is 10.1. The van der Waals surface area contributed by atoms with Gasteiger partial charge < -0.3 is 24.3 Å². The largest absolute Gasteiger partial charge is 0.463 e. The van der Waals surface area contributed by atoms with Crippen molar-refractivity contribution in [3.63, 3.8) is 0 Å². The number of fused-ring (bicyclic) bond motifs is 1. The summed E-state index contributed by atoms with van der Waals surface area (Å²) in [5.41, 5.74) is 1.38. The first-order valence-corrected chi connectivity index (χ1v) is 9.40. The fourth-order valence-corrected chi connectivity index (χ4v) is 2.88. The molecular formula is C21H31N3O4. The van der Waals surface area contributed by atoms with Crippen molar-refractivity contribution in [3.05, 3.63) is 36.0 Å². The number of benzene rings is 1. The number of carbonyl (C=O) groups excluding carboxylic acids is 2. The van der Waals surface area contributed by atoms with Crippen LogP contribution < -0.4 is 5.32 Å². The van der Waals surface area contributed by atoms with E-state index >= 15 is 0 Å². The van der Waals surface area contributed by atoms with Gasteiger partial charge in [0.2, 0.25) is 0 Å². The highest BCUT2D eigenvalue weighted by Crippen LogP contribution is 2.22. The molecule has 1 heterocycles. The minimum atomic E-state index is -0.831. The number of rotatable bonds is 7. The van der Waals surface area contributed by atoms with Crippen LogP contribution in [0, 0.1) is 0 Å². The number of nitrogens with one attached hydrogen (secondary N) is 1. The summed E-state index contributed by atoms with van der Waals surface area (Å²) in [7, 11) is 5.76. The lowest BCUT2D eigenvalue weighted by Gasteiger charge is -2.23. The quantitative estimate of drug-likeness (QED) is 0.737. The lowest BCUT2D eigenvalue weighted by molar-refractivity contribution is -0.146. The standard InChI is InChI=1S/C21H31N3O4/c1-21(2,3)28-20(26)22-17(19(25)27-12-11-23(4)5)13-15-14-24(6)18-10-8-7-9-16(15)18/h7-10,14,17H,11-13H2,1-6H3,(H,22,26). The van der Waals surface area contributed by atoms with E-state index in [0.717, 1.165) is 16.5 Å². The molecular weight excluding hydrogens is 358 g/mol. The molecule has 1 aromatic carbocycles. The van der Waals surface area contributed by atoms with Crippen LogP contribution in [0.3, 0.4) is 0 Å². The van der Waals surface area contributed by atoms with E-state index in [-0.39, 0.29) is 6.61 Å². The first kappa shape index (κ1) is 21.8. The average molecular weight is 389 g/mol. The highest BCUT2D eigenvalue weighted by atomic mass is 16.6. The second kappa shape index (κ2) is 9.10. The SMILES string of the molecule is CN(C)CCOC(=O)C(Cc1cn(C)c2ccccc12)NC(=O)OC(C)(C)C. The summed E-state index contributed by atoms with van der Waals surface area (Å²) in [4.78, 5) is 26.8. The van der Waals surface area contributed by atoms with Gasteiger partial charge in [0.05, 0.1) is 0 Å². The third kappa shape index (κ3) is 6.27. The highest BCUT2D eigenvalue weighted by Gasteiger charge is 2.27. The zero-order valence-corrected chi connectivity index (χ0v) is 17.6. The van der Waals surface area contributed by atoms with E-state index in [1.807, 2.05) is 61.1 Å². The summed E-state index contributed by atoms with van der Waals surface area (Å²) >= 11 is 0. The molecule has 0 fully saturated rings. The van der Waals surface area contributed by atoms with E-state index in [2.05, 4.69) is 5.32 Å². The summed E-state index contributed by atoms with van der Waals surface area (Å²) in [6, 6.07) is 7.12. The van der Waals surface area contributed by atoms with Crippen molar-refractivity contribution in [2.75, 3.05) is 27.2 Å². The van der Waals surface area contributed by atoms with E-state index in [9.17, 15) is 9.59 Å². The number of ether oxygens (including phenoxy) is 2. The molecule has 0 spiro atoms. The Bertz CT molecular complexity index is 821. The number of carbonyl (C=O) groups is 2. The molecule has 2 aromatic rings. The molecule has 0 saturated carbocycles. The summed E-state index contributed by atoms with van der Waals surface area (Å²) in [6.07, 6.45) is 1.66. The summed E-state index contributed by atoms with van der Waals surface area (Å²) in [5, 5.41) is 3.72. The van der Waals surface area contributed by atoms with Gasteiger partial charge in [-0.15, -0.1) is 0 Å². The number of para-hydroxylation sites is 1. The van der Waals surface area contributed by atoms with Gasteiger partial charge in [-0.25, -0.2) is 9.59 Å². The van der Waals surface area contributed by atoms with E-state index < -0.39 is 23.7 Å². The van der Waals surface area contributed by atoms with Gasteiger partial charge in [0.25, 0.3) is 0 Å². The van der Waals surface area contributed by atoms with E-state index in [4.69, 9.17) is 9.47 Å². The zero-order valence-electron chi connectivity index (χ0n) is 17.6. The average Bonchev–Trinajstić information content (AvgIpc) is 2.88. The molecule has 1 aromatic heterocycles. The number of hydrogen-bond acceptors (Lipinski definition) is 5. The van der Waals surface area contributed by atoms with Crippen LogP contribution in [0.25, 0.3) is 10.9 Å². The lowest BCUT2D eigenvalue weighted by Crippen LogP contribution is -2.45. The van der Waals surface area contributed by atoms with Gasteiger partial charge in [-0.2, -0.15) is 0 Å². The van der Waals surface area contributed by atoms with Gasteiger partial charge in [-0.05, 0) is 46.5 Å². The predicted molar refractivity (Wildman–Crippen MR) is 109 cm³/mol. The maximum Gasteiger partial charge on any atom is 0.408 e. The molecule has 0 radical (unpaired) electrons. The summed E-state index contributed by atoms with van der Waals surface area (Å²) < 4.78 is 12.7. The van der Waals surface area contributed by atoms with Crippen molar-refractivity contribution in [2.45, 2.75) is 38.8 Å². The first-order chi connectivity index (χ1) is 13.1. The van der Waals surface area contributed by atoms with Crippen LogP contribution in [0.15, 0.2) is 30.5 Å². The molecule has 7 nitrogen and oxygen atoms in total. The van der Waals surface area contributed by atoms with Crippen LogP contribution in [0.4, 0.5) is 4.79 Å². The van der Waals surface area contributed by atoms with Gasteiger partial charge in [0.1, 0.15) is 18.2 Å². The molecule has 0 aliphatic heterocycles. The fraction of sp³-hybridized carbons (Fsp3) is 0.524. The Morgan fingerprint density at radius 2 is 1.89 bits per heavy atom. The number of nitrogens with zero attached hydrogens (tertiary/aromatic N) is 2. The Morgan fingerprint density at radius 3 is 2.54 bits per heavy atom. The van der Waals surface area contributed by atoms with Crippen LogP contribution in [-0.2, 0) is 27.7 Å². The Morgan fingerprint density at radius 1 is 1.21 bits per heavy atom. The van der Waals surface area contributed by atoms with Gasteiger partial charge in [0, 0.05) is 37.1 Å². The normalized spacial score (nSPS) is 12.8. The second-order valence-corrected chi connectivity index (χ2v) is 8.16. The van der Waals surface area contributed by atoms with E-state index in [1.54, 1.807) is 20.8 Å². The van der Waals surface area contributed by atoms with Crippen LogP contribution in [-0.4, -0.2) is 60.4 Å². The van der Waals surface area contributed by atoms with Crippen LogP contribution in [0.5, 0.6) is 0 Å². The molecule has 1 unspecified atom stereocenters. The number of likely N-dealkylation sites (N-methyl/N-ethyl adjacent to an activating group) is 1. The number of alkyl carbamates (subject to hydrolysis) is 1. The molecule has 1 atom stereocenters. The molecule has 1 N–H and O–H groups in total. The van der Waals surface area contributed by atoms with E-state index in [1.165, 1.54) is 0 Å². The molecule has 0 aliphatic carbocycles. The van der Waals surface area contributed by atoms with Gasteiger partial charge >= 0.3 is 12.1 Å². The molecule has 0 aliphatic rings. The minimum absolute atomic E-state index is 0.258. The zero-order chi connectivity index (χ0) is 20.9. The van der Waals surface area contributed by atoms with Crippen molar-refractivity contribution < 1.29 is 19.1 Å². The maximum absolute atomic E-state index is 12.7. The monoisotopic (exact) mass is 389 g/mol. The predicted octanol–water partition coefficient (Wildman–Crippen LogP) is 2.72. The van der Waals surface area contributed by atoms with E-state index in [0.29, 0.717) is 13.0 Å². The van der Waals surface area contributed by atoms with Crippen LogP contribution in [0.1, 0.15) is 26.3 Å². The van der Waals surface area contributed by atoms with Crippen LogP contribution >= 0.6 is 0 Å². The number of aryl methyl sites for hydroxylation is 1. The summed E-state index contributed by atoms with van der Waals surface area (Å²) in [6.45, 7) is 6.21. The van der Waals surface area contributed by atoms with Gasteiger partial charge in [-0.3, -0.25) is 0 Å². The molecule has 0 bridgehead atoms. The maximum atomic E-state index is 12.7. The highest BCUT2D eigenvalue weighted by molar-refractivity contribution is 5.86. The third-order valence-corrected chi connectivity index (χ3v) is 4.16. The Balaban J connectivity index is 2.19. The van der Waals surface area contributed by atoms with Crippen molar-refractivity contribution in [3.8, 4) is 0 Å². The van der Waals surface area contributed by atoms with Crippen molar-refractivity contribution in [1.82, 2.24) is 14.8 Å². The Labute approximate surface area is 166 Å². The molecule has 28 heavy (non-hydrogen) atoms. The number of esters is 1. The molecule has 0 saturated heterocycles. The van der Waals surface area contributed by atoms with Gasteiger partial charge in [0.15, 0.2) is 0 Å². The topological polar surface area (TPSA) is 72.8 Å². The number of hydrogen-bond donors (Lipinski definition) is 1. The van der Waals surface area contributed by atoms with Crippen molar-refractivity contribution in [1.29, 1.82) is 0 Å². The smallest absolute Gasteiger partial charge is 0.408 e. The number of amides is 1. The molecule has 7 heteroatoms. The Hall–Kier alpha value is -2.54. The third-order valence-electron chi connectivity index (χ3n) is 4.16. The molecule has 2 rings (SSSR count). The summed E-state index contributed by atoms with van der Waals surface area (Å²) in [5.74, 6) is -0.472. The fourth-order valence-electron chi connectivity index (χ4n) is 2.88. The minimum Gasteiger partial charge on any atom is -0.463 e. The molecule has 1 amide bonds. The molecule has 154 valence electrons. The van der Waals surface area contributed by atoms with Gasteiger partial charge in [-0.1, -0.05) is 18.2 Å². The van der Waals surface area contributed by atoms with Crippen LogP contribution in [0.2, 0.25) is 0 Å².